The lowest BCUT2D eigenvalue weighted by atomic mass is 10.1. The molecule has 0 saturated heterocycles. The number of nitro groups is 1. The summed E-state index contributed by atoms with van der Waals surface area (Å²) in [5, 5.41) is 17.7. The zero-order chi connectivity index (χ0) is 28.6. The van der Waals surface area contributed by atoms with Crippen LogP contribution < -0.4 is 15.6 Å². The molecule has 4 aromatic rings. The lowest BCUT2D eigenvalue weighted by molar-refractivity contribution is -0.384. The number of non-ortho nitro benzene ring substituents is 1. The van der Waals surface area contributed by atoms with E-state index in [-0.39, 0.29) is 16.4 Å². The van der Waals surface area contributed by atoms with Crippen molar-refractivity contribution in [3.63, 3.8) is 0 Å². The number of hydrazone groups is 1. The van der Waals surface area contributed by atoms with Crippen LogP contribution in [0.5, 0.6) is 0 Å². The number of benzene rings is 3. The maximum atomic E-state index is 13.0. The number of halogens is 1. The predicted octanol–water partition coefficient (Wildman–Crippen LogP) is 5.50. The third-order valence-electron chi connectivity index (χ3n) is 5.66. The van der Waals surface area contributed by atoms with Crippen LogP contribution in [0.4, 0.5) is 11.4 Å². The Morgan fingerprint density at radius 1 is 1.00 bits per heavy atom. The number of nitrogens with zero attached hydrogens (tertiary/aromatic N) is 3. The Morgan fingerprint density at radius 2 is 1.73 bits per heavy atom. The largest absolute Gasteiger partial charge is 0.455 e. The summed E-state index contributed by atoms with van der Waals surface area (Å²) in [6.45, 7) is 0. The molecule has 0 aliphatic heterocycles. The number of hydrogen-bond donors (Lipinski definition) is 2. The number of furan rings is 1. The molecule has 0 spiro atoms. The van der Waals surface area contributed by atoms with Crippen molar-refractivity contribution in [3.05, 3.63) is 123 Å². The molecule has 4 rings (SSSR count). The molecule has 0 radical (unpaired) electrons. The van der Waals surface area contributed by atoms with Gasteiger partial charge in [-0.15, -0.1) is 0 Å². The Balaban J connectivity index is 1.50. The van der Waals surface area contributed by atoms with Gasteiger partial charge in [0.2, 0.25) is 0 Å². The second-order valence-electron chi connectivity index (χ2n) is 8.69. The summed E-state index contributed by atoms with van der Waals surface area (Å²) >= 11 is 6.18. The number of nitrogens with one attached hydrogen (secondary N) is 2. The van der Waals surface area contributed by atoms with Gasteiger partial charge < -0.3 is 14.6 Å². The molecule has 10 nitrogen and oxygen atoms in total. The molecule has 0 aliphatic carbocycles. The standard InChI is InChI=1S/C29H24ClN5O5/c1-34(2)21-10-8-19(9-11-21)16-26(32-28(36)20-6-4-3-5-7-20)29(37)33-31-18-23-13-15-27(40-23)24-14-12-22(35(38)39)17-25(24)30/h3-18H,1-2H3,(H,32,36)(H,33,37)/b26-16-,31-18-. The Kier molecular flexibility index (Phi) is 8.72. The molecule has 40 heavy (non-hydrogen) atoms. The smallest absolute Gasteiger partial charge is 0.287 e. The van der Waals surface area contributed by atoms with E-state index in [1.807, 2.05) is 43.3 Å². The number of carbonyl (C=O) groups excluding carboxylic acids is 2. The summed E-state index contributed by atoms with van der Waals surface area (Å²) in [7, 11) is 3.84. The second kappa shape index (κ2) is 12.5. The van der Waals surface area contributed by atoms with Gasteiger partial charge in [-0.05, 0) is 54.1 Å². The van der Waals surface area contributed by atoms with Gasteiger partial charge >= 0.3 is 0 Å². The van der Waals surface area contributed by atoms with E-state index in [2.05, 4.69) is 15.8 Å². The van der Waals surface area contributed by atoms with E-state index in [1.165, 1.54) is 24.4 Å². The van der Waals surface area contributed by atoms with Gasteiger partial charge in [0.15, 0.2) is 0 Å². The first-order valence-electron chi connectivity index (χ1n) is 11.9. The highest BCUT2D eigenvalue weighted by Crippen LogP contribution is 2.32. The van der Waals surface area contributed by atoms with E-state index in [0.29, 0.717) is 28.2 Å². The topological polar surface area (TPSA) is 130 Å². The summed E-state index contributed by atoms with van der Waals surface area (Å²) in [6.07, 6.45) is 2.83. The summed E-state index contributed by atoms with van der Waals surface area (Å²) in [6, 6.07) is 23.2. The van der Waals surface area contributed by atoms with Crippen LogP contribution in [0.15, 0.2) is 100 Å². The molecule has 0 unspecified atom stereocenters. The molecule has 0 fully saturated rings. The molecule has 0 aliphatic rings. The molecule has 2 amide bonds. The van der Waals surface area contributed by atoms with E-state index in [9.17, 15) is 19.7 Å². The molecule has 3 aromatic carbocycles. The van der Waals surface area contributed by atoms with Crippen LogP contribution in [0.2, 0.25) is 5.02 Å². The number of anilines is 1. The average Bonchev–Trinajstić information content (AvgIpc) is 3.41. The minimum atomic E-state index is -0.651. The third kappa shape index (κ3) is 7.00. The highest BCUT2D eigenvalue weighted by atomic mass is 35.5. The Hall–Kier alpha value is -5.22. The van der Waals surface area contributed by atoms with Crippen molar-refractivity contribution in [3.8, 4) is 11.3 Å². The van der Waals surface area contributed by atoms with Gasteiger partial charge in [0.1, 0.15) is 17.2 Å². The number of carbonyl (C=O) groups is 2. The molecule has 11 heteroatoms. The van der Waals surface area contributed by atoms with Crippen molar-refractivity contribution in [2.45, 2.75) is 0 Å². The lowest BCUT2D eigenvalue weighted by Gasteiger charge is -2.12. The summed E-state index contributed by atoms with van der Waals surface area (Å²) in [5.41, 5.74) is 4.78. The normalized spacial score (nSPS) is 11.3. The zero-order valence-electron chi connectivity index (χ0n) is 21.5. The van der Waals surface area contributed by atoms with Crippen molar-refractivity contribution < 1.29 is 18.9 Å². The molecular formula is C29H24ClN5O5. The van der Waals surface area contributed by atoms with Crippen LogP contribution in [0.1, 0.15) is 21.7 Å². The fourth-order valence-electron chi connectivity index (χ4n) is 3.58. The molecular weight excluding hydrogens is 534 g/mol. The third-order valence-corrected chi connectivity index (χ3v) is 5.98. The van der Waals surface area contributed by atoms with Crippen LogP contribution >= 0.6 is 11.6 Å². The molecule has 202 valence electrons. The molecule has 0 saturated carbocycles. The molecule has 0 bridgehead atoms. The van der Waals surface area contributed by atoms with E-state index < -0.39 is 16.7 Å². The quantitative estimate of drug-likeness (QED) is 0.121. The first-order valence-corrected chi connectivity index (χ1v) is 12.3. The molecule has 1 aromatic heterocycles. The van der Waals surface area contributed by atoms with Gasteiger partial charge in [-0.25, -0.2) is 5.43 Å². The maximum absolute atomic E-state index is 13.0. The van der Waals surface area contributed by atoms with Crippen molar-refractivity contribution in [2.24, 2.45) is 5.10 Å². The minimum Gasteiger partial charge on any atom is -0.455 e. The van der Waals surface area contributed by atoms with Gasteiger partial charge in [0.25, 0.3) is 17.5 Å². The zero-order valence-corrected chi connectivity index (χ0v) is 22.3. The Bertz CT molecular complexity index is 1590. The first kappa shape index (κ1) is 27.8. The van der Waals surface area contributed by atoms with Crippen molar-refractivity contribution in [1.82, 2.24) is 10.7 Å². The fraction of sp³-hybridized carbons (Fsp3) is 0.0690. The first-order chi connectivity index (χ1) is 19.2. The molecule has 2 N–H and O–H groups in total. The van der Waals surface area contributed by atoms with E-state index >= 15 is 0 Å². The predicted molar refractivity (Wildman–Crippen MR) is 154 cm³/mol. The summed E-state index contributed by atoms with van der Waals surface area (Å²) in [5.74, 6) is -0.443. The highest BCUT2D eigenvalue weighted by molar-refractivity contribution is 6.33. The van der Waals surface area contributed by atoms with E-state index in [0.717, 1.165) is 5.69 Å². The van der Waals surface area contributed by atoms with Crippen LogP contribution in [-0.4, -0.2) is 37.0 Å². The highest BCUT2D eigenvalue weighted by Gasteiger charge is 2.15. The Labute approximate surface area is 234 Å². The van der Waals surface area contributed by atoms with Crippen molar-refractivity contribution in [2.75, 3.05) is 19.0 Å². The summed E-state index contributed by atoms with van der Waals surface area (Å²) in [4.78, 5) is 38.1. The average molecular weight is 558 g/mol. The lowest BCUT2D eigenvalue weighted by Crippen LogP contribution is -2.32. The second-order valence-corrected chi connectivity index (χ2v) is 9.09. The monoisotopic (exact) mass is 557 g/mol. The van der Waals surface area contributed by atoms with Crippen LogP contribution in [0, 0.1) is 10.1 Å². The fourth-order valence-corrected chi connectivity index (χ4v) is 3.84. The number of amides is 2. The van der Waals surface area contributed by atoms with Crippen molar-refractivity contribution >= 4 is 47.1 Å². The van der Waals surface area contributed by atoms with E-state index in [1.54, 1.807) is 48.5 Å². The SMILES string of the molecule is CN(C)c1ccc(/C=C(\NC(=O)c2ccccc2)C(=O)N/N=C\c2ccc(-c3ccc([N+](=O)[O-])cc3Cl)o2)cc1. The number of rotatable bonds is 9. The van der Waals surface area contributed by atoms with Crippen LogP contribution in [0.25, 0.3) is 17.4 Å². The number of hydrogen-bond acceptors (Lipinski definition) is 7. The van der Waals surface area contributed by atoms with Gasteiger partial charge in [0, 0.05) is 43.0 Å². The Morgan fingerprint density at radius 3 is 2.38 bits per heavy atom. The van der Waals surface area contributed by atoms with E-state index in [4.69, 9.17) is 16.0 Å². The minimum absolute atomic E-state index is 0.0126. The van der Waals surface area contributed by atoms with Gasteiger partial charge in [-0.2, -0.15) is 5.10 Å². The maximum Gasteiger partial charge on any atom is 0.287 e. The van der Waals surface area contributed by atoms with Gasteiger partial charge in [-0.1, -0.05) is 41.9 Å². The molecule has 1 heterocycles. The molecule has 0 atom stereocenters. The van der Waals surface area contributed by atoms with Crippen LogP contribution in [-0.2, 0) is 4.79 Å². The number of nitro benzene ring substituents is 1. The van der Waals surface area contributed by atoms with Crippen LogP contribution in [0.3, 0.4) is 0 Å². The summed E-state index contributed by atoms with van der Waals surface area (Å²) < 4.78 is 5.70. The van der Waals surface area contributed by atoms with Gasteiger partial charge in [0.05, 0.1) is 16.2 Å². The van der Waals surface area contributed by atoms with Crippen molar-refractivity contribution in [1.29, 1.82) is 0 Å². The van der Waals surface area contributed by atoms with Gasteiger partial charge in [-0.3, -0.25) is 19.7 Å².